The van der Waals surface area contributed by atoms with Crippen LogP contribution < -0.4 is 0 Å². The first-order chi connectivity index (χ1) is 8.55. The largest absolute Gasteiger partial charge is 0.504 e. The molecule has 1 unspecified atom stereocenters. The lowest BCUT2D eigenvalue weighted by Crippen LogP contribution is -2.24. The Balaban J connectivity index is 2.02. The standard InChI is InChI=1S/C11H13N3O3S/c15-9-4-1-5-14-11(9)12-10(13-14)8-3-2-6-18(16,17)7-8/h1,4-5,8,15H,2-3,6-7H2. The summed E-state index contributed by atoms with van der Waals surface area (Å²) in [4.78, 5) is 4.24. The van der Waals surface area contributed by atoms with E-state index in [0.29, 0.717) is 17.9 Å². The molecule has 0 aromatic carbocycles. The van der Waals surface area contributed by atoms with Crippen molar-refractivity contribution in [2.75, 3.05) is 11.5 Å². The lowest BCUT2D eigenvalue weighted by molar-refractivity contribution is 0.477. The summed E-state index contributed by atoms with van der Waals surface area (Å²) >= 11 is 0. The van der Waals surface area contributed by atoms with Crippen molar-refractivity contribution in [1.82, 2.24) is 14.6 Å². The fraction of sp³-hybridized carbons (Fsp3) is 0.455. The van der Waals surface area contributed by atoms with E-state index in [0.717, 1.165) is 6.42 Å². The van der Waals surface area contributed by atoms with Gasteiger partial charge in [-0.3, -0.25) is 0 Å². The smallest absolute Gasteiger partial charge is 0.197 e. The van der Waals surface area contributed by atoms with Crippen molar-refractivity contribution in [3.63, 3.8) is 0 Å². The molecule has 6 nitrogen and oxygen atoms in total. The molecule has 2 aromatic heterocycles. The van der Waals surface area contributed by atoms with Crippen LogP contribution >= 0.6 is 0 Å². The van der Waals surface area contributed by atoms with Crippen molar-refractivity contribution in [3.8, 4) is 5.75 Å². The Kier molecular flexibility index (Phi) is 2.51. The molecule has 1 aliphatic rings. The summed E-state index contributed by atoms with van der Waals surface area (Å²) in [5.74, 6) is 0.741. The maximum absolute atomic E-state index is 11.6. The van der Waals surface area contributed by atoms with Crippen molar-refractivity contribution in [2.24, 2.45) is 0 Å². The maximum atomic E-state index is 11.6. The van der Waals surface area contributed by atoms with Crippen LogP contribution in [0.4, 0.5) is 0 Å². The molecule has 96 valence electrons. The van der Waals surface area contributed by atoms with Gasteiger partial charge >= 0.3 is 0 Å². The number of fused-ring (bicyclic) bond motifs is 1. The first kappa shape index (κ1) is 11.5. The van der Waals surface area contributed by atoms with Gasteiger partial charge in [-0.2, -0.15) is 5.10 Å². The molecule has 7 heteroatoms. The van der Waals surface area contributed by atoms with Crippen molar-refractivity contribution in [1.29, 1.82) is 0 Å². The van der Waals surface area contributed by atoms with E-state index in [-0.39, 0.29) is 23.2 Å². The van der Waals surface area contributed by atoms with Gasteiger partial charge < -0.3 is 5.11 Å². The number of nitrogens with zero attached hydrogens (tertiary/aromatic N) is 3. The highest BCUT2D eigenvalue weighted by Crippen LogP contribution is 2.27. The molecule has 2 aromatic rings. The minimum Gasteiger partial charge on any atom is -0.504 e. The molecule has 0 bridgehead atoms. The Hall–Kier alpha value is -1.63. The van der Waals surface area contributed by atoms with Crippen LogP contribution in [-0.2, 0) is 9.84 Å². The van der Waals surface area contributed by atoms with E-state index in [1.165, 1.54) is 10.6 Å². The highest BCUT2D eigenvalue weighted by molar-refractivity contribution is 7.91. The molecule has 0 saturated carbocycles. The monoisotopic (exact) mass is 267 g/mol. The minimum atomic E-state index is -2.98. The van der Waals surface area contributed by atoms with Gasteiger partial charge in [-0.15, -0.1) is 0 Å². The SMILES string of the molecule is O=S1(=O)CCCC(c2nc3c(O)cccn3n2)C1. The quantitative estimate of drug-likeness (QED) is 0.823. The number of hydrogen-bond acceptors (Lipinski definition) is 5. The van der Waals surface area contributed by atoms with E-state index in [9.17, 15) is 13.5 Å². The fourth-order valence-electron chi connectivity index (χ4n) is 2.31. The summed E-state index contributed by atoms with van der Waals surface area (Å²) in [7, 11) is -2.98. The summed E-state index contributed by atoms with van der Waals surface area (Å²) in [5.41, 5.74) is 0.371. The highest BCUT2D eigenvalue weighted by Gasteiger charge is 2.28. The first-order valence-corrected chi connectivity index (χ1v) is 7.62. The van der Waals surface area contributed by atoms with Crippen molar-refractivity contribution in [3.05, 3.63) is 24.2 Å². The Morgan fingerprint density at radius 2 is 2.28 bits per heavy atom. The molecule has 1 fully saturated rings. The molecule has 3 heterocycles. The Morgan fingerprint density at radius 1 is 1.44 bits per heavy atom. The Morgan fingerprint density at radius 3 is 3.00 bits per heavy atom. The van der Waals surface area contributed by atoms with E-state index in [1.807, 2.05) is 0 Å². The zero-order chi connectivity index (χ0) is 12.8. The van der Waals surface area contributed by atoms with E-state index < -0.39 is 9.84 Å². The van der Waals surface area contributed by atoms with Crippen LogP contribution in [0.2, 0.25) is 0 Å². The van der Waals surface area contributed by atoms with E-state index in [1.54, 1.807) is 12.3 Å². The van der Waals surface area contributed by atoms with Crippen LogP contribution in [0.25, 0.3) is 5.65 Å². The van der Waals surface area contributed by atoms with E-state index >= 15 is 0 Å². The molecule has 0 radical (unpaired) electrons. The summed E-state index contributed by atoms with van der Waals surface area (Å²) in [5, 5.41) is 13.9. The number of pyridine rings is 1. The molecule has 0 aliphatic carbocycles. The molecule has 1 aliphatic heterocycles. The van der Waals surface area contributed by atoms with Gasteiger partial charge in [-0.25, -0.2) is 17.9 Å². The fourth-order valence-corrected chi connectivity index (χ4v) is 4.01. The molecule has 18 heavy (non-hydrogen) atoms. The first-order valence-electron chi connectivity index (χ1n) is 5.80. The predicted octanol–water partition coefficient (Wildman–Crippen LogP) is 0.727. The topological polar surface area (TPSA) is 84.6 Å². The van der Waals surface area contributed by atoms with Crippen LogP contribution in [0, 0.1) is 0 Å². The normalized spacial score (nSPS) is 23.2. The lowest BCUT2D eigenvalue weighted by Gasteiger charge is -2.18. The Labute approximate surface area is 104 Å². The second-order valence-electron chi connectivity index (χ2n) is 4.59. The number of sulfone groups is 1. The van der Waals surface area contributed by atoms with Crippen LogP contribution in [0.5, 0.6) is 5.75 Å². The van der Waals surface area contributed by atoms with Crippen LogP contribution in [0.15, 0.2) is 18.3 Å². The third-order valence-electron chi connectivity index (χ3n) is 3.19. The molecule has 0 spiro atoms. The predicted molar refractivity (Wildman–Crippen MR) is 65.3 cm³/mol. The molecule has 1 N–H and O–H groups in total. The van der Waals surface area contributed by atoms with Gasteiger partial charge in [-0.05, 0) is 25.0 Å². The van der Waals surface area contributed by atoms with Gasteiger partial charge in [0.25, 0.3) is 0 Å². The van der Waals surface area contributed by atoms with Gasteiger partial charge in [-0.1, -0.05) is 0 Å². The average molecular weight is 267 g/mol. The van der Waals surface area contributed by atoms with Gasteiger partial charge in [0.05, 0.1) is 11.5 Å². The molecule has 3 rings (SSSR count). The lowest BCUT2D eigenvalue weighted by atomic mass is 10.1. The third kappa shape index (κ3) is 1.94. The van der Waals surface area contributed by atoms with Gasteiger partial charge in [0.15, 0.2) is 27.1 Å². The van der Waals surface area contributed by atoms with Gasteiger partial charge in [0, 0.05) is 12.1 Å². The number of aromatic hydroxyl groups is 1. The van der Waals surface area contributed by atoms with E-state index in [2.05, 4.69) is 10.1 Å². The highest BCUT2D eigenvalue weighted by atomic mass is 32.2. The average Bonchev–Trinajstić information content (AvgIpc) is 2.73. The van der Waals surface area contributed by atoms with Gasteiger partial charge in [0.2, 0.25) is 0 Å². The summed E-state index contributed by atoms with van der Waals surface area (Å²) < 4.78 is 24.7. The minimum absolute atomic E-state index is 0.0508. The number of aromatic nitrogens is 3. The van der Waals surface area contributed by atoms with Crippen molar-refractivity contribution >= 4 is 15.5 Å². The van der Waals surface area contributed by atoms with Crippen LogP contribution in [0.1, 0.15) is 24.6 Å². The van der Waals surface area contributed by atoms with Crippen LogP contribution in [0.3, 0.4) is 0 Å². The molecule has 1 saturated heterocycles. The second kappa shape index (κ2) is 3.94. The molecular formula is C11H13N3O3S. The summed E-state index contributed by atoms with van der Waals surface area (Å²) in [6, 6.07) is 3.20. The third-order valence-corrected chi connectivity index (χ3v) is 5.01. The molecular weight excluding hydrogens is 254 g/mol. The van der Waals surface area contributed by atoms with Crippen molar-refractivity contribution < 1.29 is 13.5 Å². The zero-order valence-corrected chi connectivity index (χ0v) is 10.5. The summed E-state index contributed by atoms with van der Waals surface area (Å²) in [6.07, 6.45) is 3.11. The van der Waals surface area contributed by atoms with Crippen molar-refractivity contribution in [2.45, 2.75) is 18.8 Å². The zero-order valence-electron chi connectivity index (χ0n) is 9.65. The molecule has 1 atom stereocenters. The second-order valence-corrected chi connectivity index (χ2v) is 6.81. The Bertz CT molecular complexity index is 693. The number of hydrogen-bond donors (Lipinski definition) is 1. The molecule has 0 amide bonds. The van der Waals surface area contributed by atoms with E-state index in [4.69, 9.17) is 0 Å². The maximum Gasteiger partial charge on any atom is 0.197 e. The number of rotatable bonds is 1. The van der Waals surface area contributed by atoms with Crippen LogP contribution in [-0.4, -0.2) is 39.6 Å². The summed E-state index contributed by atoms with van der Waals surface area (Å²) in [6.45, 7) is 0. The van der Waals surface area contributed by atoms with Gasteiger partial charge in [0.1, 0.15) is 0 Å².